The smallest absolute Gasteiger partial charge is 0.341 e. The van der Waals surface area contributed by atoms with Crippen LogP contribution in [0.5, 0.6) is 0 Å². The van der Waals surface area contributed by atoms with E-state index in [1.807, 2.05) is 25.7 Å². The Balaban J connectivity index is 1.97. The highest BCUT2D eigenvalue weighted by Crippen LogP contribution is 2.35. The Hall–Kier alpha value is -2.48. The molecule has 4 heterocycles. The predicted octanol–water partition coefficient (Wildman–Crippen LogP) is 1.79. The Morgan fingerprint density at radius 1 is 1.41 bits per heavy atom. The first-order valence-corrected chi connectivity index (χ1v) is 9.09. The summed E-state index contributed by atoms with van der Waals surface area (Å²) in [6.45, 7) is 9.23. The molecule has 7 nitrogen and oxygen atoms in total. The molecule has 0 aliphatic carbocycles. The summed E-state index contributed by atoms with van der Waals surface area (Å²) in [6.07, 6.45) is 1.31. The van der Waals surface area contributed by atoms with Crippen LogP contribution in [-0.2, 0) is 5.54 Å². The van der Waals surface area contributed by atoms with Gasteiger partial charge in [-0.1, -0.05) is 6.92 Å². The molecule has 2 aliphatic heterocycles. The van der Waals surface area contributed by atoms with Crippen LogP contribution in [0.25, 0.3) is 11.0 Å². The first-order chi connectivity index (χ1) is 12.6. The molecular formula is C19H23FN4O3. The number of pyridine rings is 2. The lowest BCUT2D eigenvalue weighted by molar-refractivity contribution is 0.0694. The molecule has 2 aromatic rings. The number of hydrogen-bond acceptors (Lipinski definition) is 5. The average Bonchev–Trinajstić information content (AvgIpc) is 3.08. The Kier molecular flexibility index (Phi) is 3.82. The van der Waals surface area contributed by atoms with Gasteiger partial charge in [-0.05, 0) is 32.8 Å². The van der Waals surface area contributed by atoms with Crippen LogP contribution in [0.3, 0.4) is 0 Å². The maximum Gasteiger partial charge on any atom is 0.341 e. The fourth-order valence-corrected chi connectivity index (χ4v) is 4.21. The van der Waals surface area contributed by atoms with Crippen molar-refractivity contribution < 1.29 is 14.3 Å². The number of aromatic carboxylic acids is 1. The summed E-state index contributed by atoms with van der Waals surface area (Å²) in [5.41, 5.74) is -1.33. The van der Waals surface area contributed by atoms with Gasteiger partial charge < -0.3 is 19.9 Å². The quantitative estimate of drug-likeness (QED) is 0.833. The average molecular weight is 374 g/mol. The van der Waals surface area contributed by atoms with E-state index in [1.54, 1.807) is 4.57 Å². The molecule has 0 amide bonds. The monoisotopic (exact) mass is 374 g/mol. The van der Waals surface area contributed by atoms with Crippen molar-refractivity contribution in [3.05, 3.63) is 33.9 Å². The van der Waals surface area contributed by atoms with Gasteiger partial charge in [0.1, 0.15) is 11.2 Å². The van der Waals surface area contributed by atoms with Crippen molar-refractivity contribution in [1.29, 1.82) is 0 Å². The summed E-state index contributed by atoms with van der Waals surface area (Å²) in [5.74, 6) is -1.31. The van der Waals surface area contributed by atoms with Gasteiger partial charge in [-0.15, -0.1) is 0 Å². The molecule has 2 aliphatic rings. The number of carboxylic acid groups (broad SMARTS) is 1. The van der Waals surface area contributed by atoms with E-state index >= 15 is 0 Å². The van der Waals surface area contributed by atoms with Crippen LogP contribution in [0.1, 0.15) is 38.1 Å². The number of carbonyl (C=O) groups is 1. The Labute approximate surface area is 155 Å². The largest absolute Gasteiger partial charge is 0.477 e. The number of nitrogens with zero attached hydrogens (tertiary/aromatic N) is 3. The summed E-state index contributed by atoms with van der Waals surface area (Å²) in [6, 6.07) is 1.59. The van der Waals surface area contributed by atoms with Crippen LogP contribution in [0.4, 0.5) is 10.2 Å². The third-order valence-corrected chi connectivity index (χ3v) is 5.76. The fraction of sp³-hybridized carbons (Fsp3) is 0.526. The summed E-state index contributed by atoms with van der Waals surface area (Å²) in [4.78, 5) is 30.6. The van der Waals surface area contributed by atoms with Gasteiger partial charge in [0.2, 0.25) is 5.43 Å². The number of nitrogens with one attached hydrogen (secondary N) is 1. The second-order valence-corrected chi connectivity index (χ2v) is 8.48. The summed E-state index contributed by atoms with van der Waals surface area (Å²) in [5, 5.41) is 12.8. The van der Waals surface area contributed by atoms with Crippen molar-refractivity contribution in [3.63, 3.8) is 0 Å². The van der Waals surface area contributed by atoms with Crippen LogP contribution >= 0.6 is 0 Å². The molecule has 3 atom stereocenters. The maximum absolute atomic E-state index is 14.9. The number of piperazine rings is 1. The molecule has 0 spiro atoms. The molecule has 0 unspecified atom stereocenters. The molecule has 2 aromatic heterocycles. The zero-order valence-corrected chi connectivity index (χ0v) is 15.8. The van der Waals surface area contributed by atoms with Gasteiger partial charge in [0.15, 0.2) is 11.6 Å². The number of anilines is 1. The number of aromatic nitrogens is 2. The highest BCUT2D eigenvalue weighted by molar-refractivity contribution is 5.92. The lowest BCUT2D eigenvalue weighted by Gasteiger charge is -2.30. The fourth-order valence-electron chi connectivity index (χ4n) is 4.21. The second kappa shape index (κ2) is 5.76. The standard InChI is InChI=1S/C19H23FN4O3/c1-9-13-8-23(14(9)6-21-13)17-12(20)5-10-15(25)11(18(26)27)7-24(16(10)22-17)19(2,3)4/h5,7,9,13-14,21H,6,8H2,1-4H3,(H,26,27)/t9-,13-,14-/m0/s1. The van der Waals surface area contributed by atoms with E-state index in [1.165, 1.54) is 6.20 Å². The zero-order valence-electron chi connectivity index (χ0n) is 15.8. The van der Waals surface area contributed by atoms with Crippen molar-refractivity contribution in [2.45, 2.75) is 45.3 Å². The van der Waals surface area contributed by atoms with Crippen LogP contribution < -0.4 is 15.6 Å². The number of hydrogen-bond donors (Lipinski definition) is 2. The van der Waals surface area contributed by atoms with Crippen molar-refractivity contribution in [3.8, 4) is 0 Å². The molecule has 2 N–H and O–H groups in total. The molecule has 8 heteroatoms. The van der Waals surface area contributed by atoms with Gasteiger partial charge in [0, 0.05) is 36.9 Å². The topological polar surface area (TPSA) is 87.5 Å². The molecule has 27 heavy (non-hydrogen) atoms. The number of fused-ring (bicyclic) bond motifs is 3. The summed E-state index contributed by atoms with van der Waals surface area (Å²) in [7, 11) is 0. The van der Waals surface area contributed by atoms with Crippen LogP contribution in [0, 0.1) is 11.7 Å². The highest BCUT2D eigenvalue weighted by Gasteiger charge is 2.45. The van der Waals surface area contributed by atoms with Gasteiger partial charge in [0.05, 0.1) is 5.39 Å². The number of rotatable bonds is 2. The Bertz CT molecular complexity index is 1010. The van der Waals surface area contributed by atoms with Gasteiger partial charge in [-0.3, -0.25) is 4.79 Å². The van der Waals surface area contributed by atoms with E-state index in [2.05, 4.69) is 17.2 Å². The Morgan fingerprint density at radius 2 is 2.11 bits per heavy atom. The molecule has 144 valence electrons. The van der Waals surface area contributed by atoms with E-state index in [4.69, 9.17) is 0 Å². The van der Waals surface area contributed by atoms with Crippen molar-refractivity contribution in [1.82, 2.24) is 14.9 Å². The van der Waals surface area contributed by atoms with Crippen LogP contribution in [0.2, 0.25) is 0 Å². The third kappa shape index (κ3) is 2.62. The molecule has 4 rings (SSSR count). The van der Waals surface area contributed by atoms with E-state index < -0.39 is 22.8 Å². The molecule has 2 bridgehead atoms. The summed E-state index contributed by atoms with van der Waals surface area (Å²) < 4.78 is 16.6. The van der Waals surface area contributed by atoms with E-state index in [-0.39, 0.29) is 22.8 Å². The molecule has 0 aromatic carbocycles. The zero-order chi connectivity index (χ0) is 19.7. The van der Waals surface area contributed by atoms with Crippen LogP contribution in [-0.4, -0.2) is 45.8 Å². The van der Waals surface area contributed by atoms with Crippen molar-refractivity contribution in [2.24, 2.45) is 5.92 Å². The minimum Gasteiger partial charge on any atom is -0.477 e. The van der Waals surface area contributed by atoms with Crippen LogP contribution in [0.15, 0.2) is 17.1 Å². The van der Waals surface area contributed by atoms with E-state index in [0.29, 0.717) is 24.2 Å². The predicted molar refractivity (Wildman–Crippen MR) is 100 cm³/mol. The SMILES string of the molecule is C[C@H]1[C@@H]2CN(c3nc4c(cc3F)c(=O)c(C(=O)O)cn4C(C)(C)C)[C@H]1CN2. The number of carboxylic acids is 1. The molecule has 0 saturated carbocycles. The molecule has 2 fully saturated rings. The third-order valence-electron chi connectivity index (χ3n) is 5.76. The van der Waals surface area contributed by atoms with Crippen molar-refractivity contribution >= 4 is 22.8 Å². The second-order valence-electron chi connectivity index (χ2n) is 8.48. The minimum atomic E-state index is -1.33. The molecule has 2 saturated heterocycles. The minimum absolute atomic E-state index is 0.0124. The normalized spacial score (nSPS) is 24.8. The lowest BCUT2D eigenvalue weighted by atomic mass is 10.0. The number of halogens is 1. The van der Waals surface area contributed by atoms with Gasteiger partial charge >= 0.3 is 5.97 Å². The first-order valence-electron chi connectivity index (χ1n) is 9.09. The van der Waals surface area contributed by atoms with Gasteiger partial charge in [0.25, 0.3) is 0 Å². The maximum atomic E-state index is 14.9. The van der Waals surface area contributed by atoms with Gasteiger partial charge in [-0.25, -0.2) is 14.2 Å². The Morgan fingerprint density at radius 3 is 2.63 bits per heavy atom. The summed E-state index contributed by atoms with van der Waals surface area (Å²) >= 11 is 0. The molecule has 0 radical (unpaired) electrons. The van der Waals surface area contributed by atoms with Crippen molar-refractivity contribution in [2.75, 3.05) is 18.0 Å². The van der Waals surface area contributed by atoms with E-state index in [9.17, 15) is 19.1 Å². The lowest BCUT2D eigenvalue weighted by Crippen LogP contribution is -2.44. The van der Waals surface area contributed by atoms with E-state index in [0.717, 1.165) is 12.6 Å². The first kappa shape index (κ1) is 17.9. The van der Waals surface area contributed by atoms with Gasteiger partial charge in [-0.2, -0.15) is 0 Å². The highest BCUT2D eigenvalue weighted by atomic mass is 19.1. The molecular weight excluding hydrogens is 351 g/mol.